The molecule has 2 N–H and O–H groups in total. The van der Waals surface area contributed by atoms with Crippen molar-refractivity contribution in [2.45, 2.75) is 32.1 Å². The van der Waals surface area contributed by atoms with Crippen LogP contribution in [0.4, 0.5) is 0 Å². The Hall–Kier alpha value is -1.08. The monoisotopic (exact) mass is 432 g/mol. The van der Waals surface area contributed by atoms with E-state index < -0.39 is 0 Å². The Kier molecular flexibility index (Phi) is 6.70. The van der Waals surface area contributed by atoms with Gasteiger partial charge >= 0.3 is 0 Å². The van der Waals surface area contributed by atoms with E-state index in [0.717, 1.165) is 34.6 Å². The molecule has 2 amide bonds. The summed E-state index contributed by atoms with van der Waals surface area (Å²) < 4.78 is 7.06. The van der Waals surface area contributed by atoms with Crippen molar-refractivity contribution in [2.24, 2.45) is 5.92 Å². The second-order valence-electron chi connectivity index (χ2n) is 5.24. The van der Waals surface area contributed by atoms with Crippen molar-refractivity contribution in [3.8, 4) is 5.75 Å². The number of ether oxygens (including phenoxy) is 1. The third kappa shape index (κ3) is 5.28. The molecule has 22 heavy (non-hydrogen) atoms. The lowest BCUT2D eigenvalue weighted by Gasteiger charge is -2.20. The molecule has 1 aliphatic carbocycles. The summed E-state index contributed by atoms with van der Waals surface area (Å²) in [6.07, 6.45) is 5.12. The van der Waals surface area contributed by atoms with Gasteiger partial charge in [-0.05, 0) is 47.0 Å². The van der Waals surface area contributed by atoms with Gasteiger partial charge in [-0.25, -0.2) is 0 Å². The van der Waals surface area contributed by atoms with Crippen molar-refractivity contribution in [1.82, 2.24) is 10.9 Å². The number of hydrogen-bond donors (Lipinski definition) is 2. The van der Waals surface area contributed by atoms with Gasteiger partial charge in [0.2, 0.25) is 5.91 Å². The summed E-state index contributed by atoms with van der Waals surface area (Å²) >= 11 is 6.70. The summed E-state index contributed by atoms with van der Waals surface area (Å²) in [6.45, 7) is -0.162. The lowest BCUT2D eigenvalue weighted by atomic mass is 9.89. The van der Waals surface area contributed by atoms with Crippen LogP contribution in [0.1, 0.15) is 32.1 Å². The zero-order valence-electron chi connectivity index (χ0n) is 12.0. The Morgan fingerprint density at radius 1 is 1.14 bits per heavy atom. The average Bonchev–Trinajstić information content (AvgIpc) is 2.52. The SMILES string of the molecule is O=C(COc1ccc(Br)cc1Br)NNC(=O)C1CCCCC1. The smallest absolute Gasteiger partial charge is 0.276 e. The Morgan fingerprint density at radius 3 is 2.55 bits per heavy atom. The summed E-state index contributed by atoms with van der Waals surface area (Å²) in [6, 6.07) is 5.41. The first-order valence-corrected chi connectivity index (χ1v) is 8.81. The topological polar surface area (TPSA) is 67.4 Å². The lowest BCUT2D eigenvalue weighted by molar-refractivity contribution is -0.132. The molecule has 0 radical (unpaired) electrons. The van der Waals surface area contributed by atoms with Crippen LogP contribution in [0.15, 0.2) is 27.1 Å². The van der Waals surface area contributed by atoms with Crippen LogP contribution >= 0.6 is 31.9 Å². The predicted octanol–water partition coefficient (Wildman–Crippen LogP) is 3.32. The Bertz CT molecular complexity index is 546. The van der Waals surface area contributed by atoms with Crippen molar-refractivity contribution in [2.75, 3.05) is 6.61 Å². The van der Waals surface area contributed by atoms with Crippen LogP contribution in [-0.4, -0.2) is 18.4 Å². The number of rotatable bonds is 4. The van der Waals surface area contributed by atoms with Crippen molar-refractivity contribution >= 4 is 43.7 Å². The molecule has 1 aromatic rings. The van der Waals surface area contributed by atoms with Crippen molar-refractivity contribution < 1.29 is 14.3 Å². The van der Waals surface area contributed by atoms with E-state index in [1.807, 2.05) is 12.1 Å². The van der Waals surface area contributed by atoms with E-state index in [2.05, 4.69) is 42.7 Å². The van der Waals surface area contributed by atoms with Crippen LogP contribution in [0.2, 0.25) is 0 Å². The number of amides is 2. The van der Waals surface area contributed by atoms with E-state index in [9.17, 15) is 9.59 Å². The first kappa shape index (κ1) is 17.3. The second-order valence-corrected chi connectivity index (χ2v) is 7.01. The van der Waals surface area contributed by atoms with E-state index in [0.29, 0.717) is 5.75 Å². The van der Waals surface area contributed by atoms with Gasteiger partial charge in [-0.3, -0.25) is 20.4 Å². The Labute approximate surface area is 146 Å². The molecular formula is C15H18Br2N2O3. The maximum absolute atomic E-state index is 11.9. The number of carbonyl (C=O) groups excluding carboxylic acids is 2. The van der Waals surface area contributed by atoms with Gasteiger partial charge in [0.05, 0.1) is 4.47 Å². The van der Waals surface area contributed by atoms with E-state index in [-0.39, 0.29) is 24.3 Å². The molecule has 1 aromatic carbocycles. The summed E-state index contributed by atoms with van der Waals surface area (Å²) in [5.41, 5.74) is 4.87. The van der Waals surface area contributed by atoms with Crippen molar-refractivity contribution in [3.05, 3.63) is 27.1 Å². The molecule has 120 valence electrons. The predicted molar refractivity (Wildman–Crippen MR) is 90.2 cm³/mol. The fourth-order valence-corrected chi connectivity index (χ4v) is 3.53. The van der Waals surface area contributed by atoms with Crippen molar-refractivity contribution in [1.29, 1.82) is 0 Å². The minimum Gasteiger partial charge on any atom is -0.483 e. The molecule has 0 heterocycles. The fourth-order valence-electron chi connectivity index (χ4n) is 2.37. The third-order valence-electron chi connectivity index (χ3n) is 3.55. The lowest BCUT2D eigenvalue weighted by Crippen LogP contribution is -2.46. The molecule has 1 fully saturated rings. The molecular weight excluding hydrogens is 416 g/mol. The van der Waals surface area contributed by atoms with Crippen LogP contribution in [0.3, 0.4) is 0 Å². The molecule has 1 aliphatic rings. The van der Waals surface area contributed by atoms with Gasteiger partial charge in [0.1, 0.15) is 5.75 Å². The second kappa shape index (κ2) is 8.53. The highest BCUT2D eigenvalue weighted by Gasteiger charge is 2.21. The highest BCUT2D eigenvalue weighted by Crippen LogP contribution is 2.28. The maximum atomic E-state index is 11.9. The van der Waals surface area contributed by atoms with Crippen LogP contribution in [-0.2, 0) is 9.59 Å². The minimum atomic E-state index is -0.390. The van der Waals surface area contributed by atoms with Crippen LogP contribution in [0, 0.1) is 5.92 Å². The first-order valence-electron chi connectivity index (χ1n) is 7.23. The van der Waals surface area contributed by atoms with Gasteiger partial charge in [0.15, 0.2) is 6.61 Å². The van der Waals surface area contributed by atoms with Gasteiger partial charge in [0, 0.05) is 10.4 Å². The van der Waals surface area contributed by atoms with Crippen molar-refractivity contribution in [3.63, 3.8) is 0 Å². The molecule has 0 bridgehead atoms. The Balaban J connectivity index is 1.72. The molecule has 0 unspecified atom stereocenters. The highest BCUT2D eigenvalue weighted by atomic mass is 79.9. The quantitative estimate of drug-likeness (QED) is 0.715. The third-order valence-corrected chi connectivity index (χ3v) is 4.67. The fraction of sp³-hybridized carbons (Fsp3) is 0.467. The molecule has 0 spiro atoms. The summed E-state index contributed by atoms with van der Waals surface area (Å²) in [7, 11) is 0. The maximum Gasteiger partial charge on any atom is 0.276 e. The van der Waals surface area contributed by atoms with Gasteiger partial charge < -0.3 is 4.74 Å². The molecule has 0 aliphatic heterocycles. The number of nitrogens with one attached hydrogen (secondary N) is 2. The molecule has 1 saturated carbocycles. The molecule has 0 saturated heterocycles. The largest absolute Gasteiger partial charge is 0.483 e. The molecule has 7 heteroatoms. The first-order chi connectivity index (χ1) is 10.6. The minimum absolute atomic E-state index is 0.00980. The molecule has 2 rings (SSSR count). The van der Waals surface area contributed by atoms with Crippen LogP contribution in [0.25, 0.3) is 0 Å². The zero-order valence-corrected chi connectivity index (χ0v) is 15.2. The molecule has 5 nitrogen and oxygen atoms in total. The van der Waals surface area contributed by atoms with Crippen LogP contribution in [0.5, 0.6) is 5.75 Å². The average molecular weight is 434 g/mol. The Morgan fingerprint density at radius 2 is 1.86 bits per heavy atom. The van der Waals surface area contributed by atoms with Crippen LogP contribution < -0.4 is 15.6 Å². The van der Waals surface area contributed by atoms with E-state index >= 15 is 0 Å². The summed E-state index contributed by atoms with van der Waals surface area (Å²) in [5, 5.41) is 0. The number of halogens is 2. The molecule has 0 aromatic heterocycles. The normalized spacial score (nSPS) is 15.2. The van der Waals surface area contributed by atoms with E-state index in [1.54, 1.807) is 6.07 Å². The number of benzene rings is 1. The van der Waals surface area contributed by atoms with Gasteiger partial charge in [-0.15, -0.1) is 0 Å². The van der Waals surface area contributed by atoms with Gasteiger partial charge in [0.25, 0.3) is 5.91 Å². The number of hydrogen-bond acceptors (Lipinski definition) is 3. The zero-order chi connectivity index (χ0) is 15.9. The summed E-state index contributed by atoms with van der Waals surface area (Å²) in [4.78, 5) is 23.6. The standard InChI is InChI=1S/C15H18Br2N2O3/c16-11-6-7-13(12(17)8-11)22-9-14(20)18-19-15(21)10-4-2-1-3-5-10/h6-8,10H,1-5,9H2,(H,18,20)(H,19,21). The van der Waals surface area contributed by atoms with Gasteiger partial charge in [-0.1, -0.05) is 35.2 Å². The summed E-state index contributed by atoms with van der Waals surface area (Å²) in [5.74, 6) is 0.0735. The van der Waals surface area contributed by atoms with E-state index in [4.69, 9.17) is 4.74 Å². The van der Waals surface area contributed by atoms with Gasteiger partial charge in [-0.2, -0.15) is 0 Å². The number of carbonyl (C=O) groups is 2. The van der Waals surface area contributed by atoms with E-state index in [1.165, 1.54) is 6.42 Å². The molecule has 0 atom stereocenters. The number of hydrazine groups is 1. The highest BCUT2D eigenvalue weighted by molar-refractivity contribution is 9.11.